The van der Waals surface area contributed by atoms with Gasteiger partial charge in [0.15, 0.2) is 0 Å². The minimum absolute atomic E-state index is 0.278. The first-order valence-corrected chi connectivity index (χ1v) is 31.7. The SMILES string of the molecule is CC1(C)c2ccccc2N(c2ccc3c(c2)C2(c4ccccc4-c4ccccc42)c2cc(N4c5ccccc5C(C)(C)c5cc(-c6ccc(-c7nc8ccccc8s7)cc6)ccc54)ccc2-3)c2ccc(-c3ccc(-c4nc5ccccc5s4)cc3)cc21. The lowest BCUT2D eigenvalue weighted by atomic mass is 9.70. The zero-order valence-corrected chi connectivity index (χ0v) is 50.1. The van der Waals surface area contributed by atoms with Gasteiger partial charge in [0.1, 0.15) is 10.0 Å². The Morgan fingerprint density at radius 3 is 1.06 bits per heavy atom. The molecule has 0 saturated heterocycles. The van der Waals surface area contributed by atoms with Crippen molar-refractivity contribution < 1.29 is 0 Å². The van der Waals surface area contributed by atoms with E-state index in [0.717, 1.165) is 43.6 Å². The third kappa shape index (κ3) is 7.23. The molecule has 0 unspecified atom stereocenters. The molecule has 4 nitrogen and oxygen atoms in total. The number of benzene rings is 12. The maximum Gasteiger partial charge on any atom is 0.124 e. The highest BCUT2D eigenvalue weighted by atomic mass is 32.1. The minimum Gasteiger partial charge on any atom is -0.310 e. The Kier molecular flexibility index (Phi) is 10.7. The van der Waals surface area contributed by atoms with E-state index in [1.54, 1.807) is 22.7 Å². The fourth-order valence-electron chi connectivity index (χ4n) is 15.3. The first kappa shape index (κ1) is 50.4. The van der Waals surface area contributed by atoms with E-state index in [4.69, 9.17) is 9.97 Å². The molecule has 0 amide bonds. The zero-order valence-electron chi connectivity index (χ0n) is 48.5. The number of hydrogen-bond donors (Lipinski definition) is 0. The van der Waals surface area contributed by atoms with Gasteiger partial charge in [-0.05, 0) is 174 Å². The Labute approximate surface area is 514 Å². The molecule has 2 aromatic heterocycles. The van der Waals surface area contributed by atoms with Crippen LogP contribution in [0.2, 0.25) is 0 Å². The van der Waals surface area contributed by atoms with Gasteiger partial charge in [-0.2, -0.15) is 0 Å². The number of para-hydroxylation sites is 4. The van der Waals surface area contributed by atoms with E-state index in [2.05, 4.69) is 304 Å². The van der Waals surface area contributed by atoms with Crippen molar-refractivity contribution in [1.82, 2.24) is 9.97 Å². The van der Waals surface area contributed by atoms with Crippen LogP contribution < -0.4 is 9.80 Å². The molecule has 14 aromatic rings. The summed E-state index contributed by atoms with van der Waals surface area (Å²) >= 11 is 3.49. The third-order valence-corrected chi connectivity index (χ3v) is 21.7. The molecule has 18 rings (SSSR count). The number of anilines is 6. The van der Waals surface area contributed by atoms with E-state index >= 15 is 0 Å². The second kappa shape index (κ2) is 18.5. The number of aromatic nitrogens is 2. The molecule has 0 fully saturated rings. The highest BCUT2D eigenvalue weighted by molar-refractivity contribution is 7.22. The Balaban J connectivity index is 0.774. The molecule has 0 atom stereocenters. The largest absolute Gasteiger partial charge is 0.310 e. The fourth-order valence-corrected chi connectivity index (χ4v) is 17.3. The summed E-state index contributed by atoms with van der Waals surface area (Å²) in [5, 5.41) is 2.09. The second-order valence-electron chi connectivity index (χ2n) is 24.8. The van der Waals surface area contributed by atoms with Crippen molar-refractivity contribution in [3.63, 3.8) is 0 Å². The van der Waals surface area contributed by atoms with E-state index < -0.39 is 5.41 Å². The summed E-state index contributed by atoms with van der Waals surface area (Å²) < 4.78 is 2.41. The van der Waals surface area contributed by atoms with Crippen molar-refractivity contribution in [2.24, 2.45) is 0 Å². The van der Waals surface area contributed by atoms with Gasteiger partial charge in [-0.15, -0.1) is 22.7 Å². The molecule has 0 radical (unpaired) electrons. The Bertz CT molecular complexity index is 4810. The van der Waals surface area contributed by atoms with E-state index in [0.29, 0.717) is 0 Å². The molecule has 2 aliphatic carbocycles. The number of rotatable bonds is 6. The van der Waals surface area contributed by atoms with E-state index in [1.165, 1.54) is 121 Å². The lowest BCUT2D eigenvalue weighted by molar-refractivity contribution is 0.632. The van der Waals surface area contributed by atoms with Gasteiger partial charge in [0.25, 0.3) is 0 Å². The van der Waals surface area contributed by atoms with Gasteiger partial charge in [0, 0.05) is 33.3 Å². The topological polar surface area (TPSA) is 32.3 Å². The van der Waals surface area contributed by atoms with Crippen LogP contribution in [-0.4, -0.2) is 9.97 Å². The van der Waals surface area contributed by atoms with Crippen LogP contribution in [0.3, 0.4) is 0 Å². The van der Waals surface area contributed by atoms with Crippen molar-refractivity contribution in [1.29, 1.82) is 0 Å². The van der Waals surface area contributed by atoms with Gasteiger partial charge < -0.3 is 9.80 Å². The van der Waals surface area contributed by atoms with Crippen molar-refractivity contribution in [2.45, 2.75) is 43.9 Å². The van der Waals surface area contributed by atoms with Crippen LogP contribution in [0.5, 0.6) is 0 Å². The zero-order chi connectivity index (χ0) is 57.9. The summed E-state index contributed by atoms with van der Waals surface area (Å²) in [5.41, 5.74) is 30.6. The predicted molar refractivity (Wildman–Crippen MR) is 364 cm³/mol. The molecule has 2 aliphatic heterocycles. The van der Waals surface area contributed by atoms with Gasteiger partial charge in [-0.1, -0.05) is 210 Å². The van der Waals surface area contributed by atoms with Gasteiger partial charge in [-0.25, -0.2) is 9.97 Å². The third-order valence-electron chi connectivity index (χ3n) is 19.5. The Morgan fingerprint density at radius 1 is 0.276 bits per heavy atom. The smallest absolute Gasteiger partial charge is 0.124 e. The Morgan fingerprint density at radius 2 is 0.621 bits per heavy atom. The van der Waals surface area contributed by atoms with Crippen molar-refractivity contribution >= 4 is 77.2 Å². The molecule has 412 valence electrons. The molecule has 0 saturated carbocycles. The van der Waals surface area contributed by atoms with Gasteiger partial charge >= 0.3 is 0 Å². The summed E-state index contributed by atoms with van der Waals surface area (Å²) in [6.07, 6.45) is 0. The van der Waals surface area contributed by atoms with Crippen LogP contribution in [0.1, 0.15) is 72.2 Å². The molecule has 12 aromatic carbocycles. The average molecular weight is 1150 g/mol. The minimum atomic E-state index is -0.610. The molecule has 87 heavy (non-hydrogen) atoms. The highest BCUT2D eigenvalue weighted by Gasteiger charge is 2.53. The number of fused-ring (bicyclic) bond motifs is 16. The molecule has 1 spiro atoms. The van der Waals surface area contributed by atoms with Crippen LogP contribution in [0.25, 0.3) is 86.1 Å². The van der Waals surface area contributed by atoms with Crippen LogP contribution in [0.15, 0.2) is 267 Å². The lowest BCUT2D eigenvalue weighted by Crippen LogP contribution is -2.31. The average Bonchev–Trinajstić information content (AvgIpc) is 1.54. The van der Waals surface area contributed by atoms with Crippen LogP contribution in [0.4, 0.5) is 34.1 Å². The fraction of sp³-hybridized carbons (Fsp3) is 0.0864. The maximum absolute atomic E-state index is 4.97. The summed E-state index contributed by atoms with van der Waals surface area (Å²) in [6, 6.07) is 100. The standard InChI is InChI=1S/C81H56N4S2/c1-79(2)63-21-9-13-25-71(63)84(73-43-37-53(45-67(73)79)49-29-33-51(34-30-49)77-82-69-23-11-15-27-75(69)86-77)55-39-41-59-60-42-40-56(48-66(60)81(65(59)47-55)61-19-7-5-17-57(61)58-18-6-8-20-62(58)81)85-72-26-14-10-22-64(72)80(3,4)68-46-54(38-44-74(68)85)50-31-35-52(36-32-50)78-83-70-24-12-16-28-76(70)87-78/h5-48H,1-4H3. The van der Waals surface area contributed by atoms with E-state index in [1.807, 2.05) is 0 Å². The molecule has 6 heteroatoms. The molecule has 0 N–H and O–H groups in total. The lowest BCUT2D eigenvalue weighted by Gasteiger charge is -2.43. The van der Waals surface area contributed by atoms with Crippen molar-refractivity contribution in [3.8, 4) is 65.6 Å². The molecule has 4 aliphatic rings. The van der Waals surface area contributed by atoms with Crippen LogP contribution >= 0.6 is 22.7 Å². The van der Waals surface area contributed by atoms with Gasteiger partial charge in [0.05, 0.1) is 48.6 Å². The van der Waals surface area contributed by atoms with Crippen molar-refractivity contribution in [3.05, 3.63) is 311 Å². The first-order chi connectivity index (χ1) is 42.6. The molecule has 0 bridgehead atoms. The molecular formula is C81H56N4S2. The summed E-state index contributed by atoms with van der Waals surface area (Å²) in [5.74, 6) is 0. The predicted octanol–water partition coefficient (Wildman–Crippen LogP) is 22.1. The summed E-state index contributed by atoms with van der Waals surface area (Å²) in [6.45, 7) is 9.57. The molecular weight excluding hydrogens is 1090 g/mol. The normalized spacial score (nSPS) is 14.9. The second-order valence-corrected chi connectivity index (χ2v) is 26.9. The number of hydrogen-bond acceptors (Lipinski definition) is 6. The first-order valence-electron chi connectivity index (χ1n) is 30.1. The monoisotopic (exact) mass is 1150 g/mol. The van der Waals surface area contributed by atoms with E-state index in [9.17, 15) is 0 Å². The van der Waals surface area contributed by atoms with Crippen LogP contribution in [-0.2, 0) is 16.2 Å². The van der Waals surface area contributed by atoms with Gasteiger partial charge in [-0.3, -0.25) is 0 Å². The van der Waals surface area contributed by atoms with Crippen LogP contribution in [0, 0.1) is 0 Å². The summed E-state index contributed by atoms with van der Waals surface area (Å²) in [7, 11) is 0. The number of thiazole rings is 2. The maximum atomic E-state index is 4.97. The highest BCUT2D eigenvalue weighted by Crippen LogP contribution is 2.65. The van der Waals surface area contributed by atoms with Gasteiger partial charge in [0.2, 0.25) is 0 Å². The Hall–Kier alpha value is -9.98. The molecule has 4 heterocycles. The van der Waals surface area contributed by atoms with E-state index in [-0.39, 0.29) is 10.8 Å². The summed E-state index contributed by atoms with van der Waals surface area (Å²) in [4.78, 5) is 15.0. The van der Waals surface area contributed by atoms with Crippen molar-refractivity contribution in [2.75, 3.05) is 9.80 Å². The number of nitrogens with zero attached hydrogens (tertiary/aromatic N) is 4. The quantitative estimate of drug-likeness (QED) is 0.166.